The van der Waals surface area contributed by atoms with Crippen LogP contribution < -0.4 is 10.5 Å². The Morgan fingerprint density at radius 2 is 2.05 bits per heavy atom. The first-order valence-electron chi connectivity index (χ1n) is 6.68. The first kappa shape index (κ1) is 15.0. The highest BCUT2D eigenvalue weighted by Gasteiger charge is 2.10. The number of nitrogens with zero attached hydrogens (tertiary/aromatic N) is 1. The van der Waals surface area contributed by atoms with Crippen LogP contribution in [0.25, 0.3) is 0 Å². The molecular formula is C17H17FN2O. The molecule has 1 atom stereocenters. The summed E-state index contributed by atoms with van der Waals surface area (Å²) >= 11 is 0. The van der Waals surface area contributed by atoms with Gasteiger partial charge in [-0.25, -0.2) is 4.39 Å². The maximum atomic E-state index is 13.3. The highest BCUT2D eigenvalue weighted by Crippen LogP contribution is 2.26. The van der Waals surface area contributed by atoms with Gasteiger partial charge < -0.3 is 10.5 Å². The number of benzene rings is 2. The molecule has 108 valence electrons. The normalized spacial score (nSPS) is 11.8. The van der Waals surface area contributed by atoms with Crippen molar-refractivity contribution in [2.75, 3.05) is 0 Å². The molecule has 2 aromatic rings. The van der Waals surface area contributed by atoms with E-state index in [9.17, 15) is 4.39 Å². The molecule has 0 aromatic heterocycles. The maximum absolute atomic E-state index is 13.3. The zero-order valence-corrected chi connectivity index (χ0v) is 12.1. The van der Waals surface area contributed by atoms with E-state index in [1.54, 1.807) is 0 Å². The minimum Gasteiger partial charge on any atom is -0.489 e. The van der Waals surface area contributed by atoms with Crippen molar-refractivity contribution < 1.29 is 9.13 Å². The van der Waals surface area contributed by atoms with Crippen LogP contribution in [0.15, 0.2) is 36.4 Å². The summed E-state index contributed by atoms with van der Waals surface area (Å²) in [7, 11) is 0. The Balaban J connectivity index is 2.25. The molecule has 2 rings (SSSR count). The number of hydrogen-bond acceptors (Lipinski definition) is 3. The average Bonchev–Trinajstić information content (AvgIpc) is 2.46. The molecule has 0 aliphatic rings. The second-order valence-corrected chi connectivity index (χ2v) is 5.03. The van der Waals surface area contributed by atoms with Crippen molar-refractivity contribution in [2.45, 2.75) is 26.5 Å². The van der Waals surface area contributed by atoms with Gasteiger partial charge in [0.1, 0.15) is 18.2 Å². The first-order chi connectivity index (χ1) is 10.0. The van der Waals surface area contributed by atoms with Crippen LogP contribution in [-0.2, 0) is 6.61 Å². The fourth-order valence-electron chi connectivity index (χ4n) is 2.10. The summed E-state index contributed by atoms with van der Waals surface area (Å²) in [6.45, 7) is 3.99. The van der Waals surface area contributed by atoms with E-state index in [4.69, 9.17) is 15.7 Å². The van der Waals surface area contributed by atoms with E-state index in [1.165, 1.54) is 18.2 Å². The maximum Gasteiger partial charge on any atom is 0.124 e. The molecule has 2 N–H and O–H groups in total. The molecule has 3 nitrogen and oxygen atoms in total. The van der Waals surface area contributed by atoms with Crippen LogP contribution in [0.4, 0.5) is 4.39 Å². The zero-order valence-electron chi connectivity index (χ0n) is 12.1. The number of hydrogen-bond donors (Lipinski definition) is 1. The number of ether oxygens (including phenoxy) is 1. The number of halogens is 1. The van der Waals surface area contributed by atoms with Gasteiger partial charge in [-0.1, -0.05) is 17.7 Å². The van der Waals surface area contributed by atoms with Crippen LogP contribution >= 0.6 is 0 Å². The van der Waals surface area contributed by atoms with Gasteiger partial charge in [-0.05, 0) is 38.1 Å². The number of rotatable bonds is 4. The lowest BCUT2D eigenvalue weighted by atomic mass is 10.0. The SMILES string of the molecule is Cc1ccc(OCc2cc(F)ccc2C#N)c([C@@H](C)N)c1. The minimum absolute atomic E-state index is 0.128. The Hall–Kier alpha value is -2.38. The van der Waals surface area contributed by atoms with Gasteiger partial charge in [0, 0.05) is 17.2 Å². The lowest BCUT2D eigenvalue weighted by molar-refractivity contribution is 0.300. The van der Waals surface area contributed by atoms with Gasteiger partial charge >= 0.3 is 0 Å². The molecule has 21 heavy (non-hydrogen) atoms. The Kier molecular flexibility index (Phi) is 4.56. The number of nitriles is 1. The highest BCUT2D eigenvalue weighted by atomic mass is 19.1. The molecule has 0 bridgehead atoms. The second kappa shape index (κ2) is 6.38. The van der Waals surface area contributed by atoms with E-state index >= 15 is 0 Å². The zero-order chi connectivity index (χ0) is 15.4. The number of nitrogens with two attached hydrogens (primary N) is 1. The highest BCUT2D eigenvalue weighted by molar-refractivity contribution is 5.40. The fourth-order valence-corrected chi connectivity index (χ4v) is 2.10. The molecule has 0 spiro atoms. The van der Waals surface area contributed by atoms with Gasteiger partial charge in [0.25, 0.3) is 0 Å². The van der Waals surface area contributed by atoms with Crippen molar-refractivity contribution in [3.63, 3.8) is 0 Å². The van der Waals surface area contributed by atoms with Crippen molar-refractivity contribution in [2.24, 2.45) is 5.73 Å². The standard InChI is InChI=1S/C17H17FN2O/c1-11-3-6-17(16(7-11)12(2)20)21-10-14-8-15(18)5-4-13(14)9-19/h3-8,12H,10,20H2,1-2H3/t12-/m1/s1. The fraction of sp³-hybridized carbons (Fsp3) is 0.235. The summed E-state index contributed by atoms with van der Waals surface area (Å²) in [6, 6.07) is 11.7. The quantitative estimate of drug-likeness (QED) is 0.933. The van der Waals surface area contributed by atoms with Gasteiger partial charge in [-0.15, -0.1) is 0 Å². The van der Waals surface area contributed by atoms with Gasteiger partial charge in [-0.2, -0.15) is 5.26 Å². The molecule has 0 saturated heterocycles. The van der Waals surface area contributed by atoms with Gasteiger partial charge in [0.05, 0.1) is 11.6 Å². The summed E-state index contributed by atoms with van der Waals surface area (Å²) < 4.78 is 19.0. The van der Waals surface area contributed by atoms with Crippen molar-refractivity contribution in [3.05, 3.63) is 64.5 Å². The Morgan fingerprint density at radius 3 is 2.71 bits per heavy atom. The predicted molar refractivity (Wildman–Crippen MR) is 79.2 cm³/mol. The lowest BCUT2D eigenvalue weighted by Crippen LogP contribution is -2.09. The summed E-state index contributed by atoms with van der Waals surface area (Å²) in [5.74, 6) is 0.271. The van der Waals surface area contributed by atoms with E-state index in [0.29, 0.717) is 16.9 Å². The summed E-state index contributed by atoms with van der Waals surface area (Å²) in [5, 5.41) is 9.04. The summed E-state index contributed by atoms with van der Waals surface area (Å²) in [4.78, 5) is 0. The molecule has 0 unspecified atom stereocenters. The van der Waals surface area contributed by atoms with E-state index in [0.717, 1.165) is 11.1 Å². The van der Waals surface area contributed by atoms with Crippen LogP contribution in [0.1, 0.15) is 35.2 Å². The van der Waals surface area contributed by atoms with E-state index in [2.05, 4.69) is 0 Å². The molecule has 0 heterocycles. The predicted octanol–water partition coefficient (Wildman–Crippen LogP) is 3.60. The molecule has 0 amide bonds. The minimum atomic E-state index is -0.385. The summed E-state index contributed by atoms with van der Waals surface area (Å²) in [5.41, 5.74) is 8.86. The monoisotopic (exact) mass is 284 g/mol. The third-order valence-corrected chi connectivity index (χ3v) is 3.23. The third kappa shape index (κ3) is 3.59. The van der Waals surface area contributed by atoms with E-state index in [1.807, 2.05) is 38.1 Å². The third-order valence-electron chi connectivity index (χ3n) is 3.23. The van der Waals surface area contributed by atoms with Crippen LogP contribution in [0, 0.1) is 24.1 Å². The van der Waals surface area contributed by atoms with Crippen LogP contribution in [0.3, 0.4) is 0 Å². The Bertz CT molecular complexity index is 690. The summed E-state index contributed by atoms with van der Waals surface area (Å²) in [6.07, 6.45) is 0. The largest absolute Gasteiger partial charge is 0.489 e. The number of aryl methyl sites for hydroxylation is 1. The van der Waals surface area contributed by atoms with Gasteiger partial charge in [0.15, 0.2) is 0 Å². The van der Waals surface area contributed by atoms with Crippen LogP contribution in [0.2, 0.25) is 0 Å². The molecule has 0 aliphatic heterocycles. The van der Waals surface area contributed by atoms with Crippen LogP contribution in [0.5, 0.6) is 5.75 Å². The van der Waals surface area contributed by atoms with Crippen molar-refractivity contribution >= 4 is 0 Å². The lowest BCUT2D eigenvalue weighted by Gasteiger charge is -2.15. The second-order valence-electron chi connectivity index (χ2n) is 5.03. The molecule has 0 fully saturated rings. The van der Waals surface area contributed by atoms with E-state index < -0.39 is 0 Å². The smallest absolute Gasteiger partial charge is 0.124 e. The molecule has 2 aromatic carbocycles. The molecule has 4 heteroatoms. The molecule has 0 radical (unpaired) electrons. The van der Waals surface area contributed by atoms with Crippen LogP contribution in [-0.4, -0.2) is 0 Å². The van der Waals surface area contributed by atoms with Crippen molar-refractivity contribution in [3.8, 4) is 11.8 Å². The molecule has 0 aliphatic carbocycles. The topological polar surface area (TPSA) is 59.0 Å². The molecular weight excluding hydrogens is 267 g/mol. The average molecular weight is 284 g/mol. The van der Waals surface area contributed by atoms with Crippen molar-refractivity contribution in [1.29, 1.82) is 5.26 Å². The molecule has 0 saturated carbocycles. The van der Waals surface area contributed by atoms with Gasteiger partial charge in [-0.3, -0.25) is 0 Å². The van der Waals surface area contributed by atoms with Gasteiger partial charge in [0.2, 0.25) is 0 Å². The first-order valence-corrected chi connectivity index (χ1v) is 6.68. The van der Waals surface area contributed by atoms with Crippen molar-refractivity contribution in [1.82, 2.24) is 0 Å². The Labute approximate surface area is 123 Å². The van der Waals surface area contributed by atoms with E-state index in [-0.39, 0.29) is 18.5 Å². The Morgan fingerprint density at radius 1 is 1.29 bits per heavy atom.